The lowest BCUT2D eigenvalue weighted by Gasteiger charge is -2.36. The Bertz CT molecular complexity index is 1810. The van der Waals surface area contributed by atoms with Crippen LogP contribution in [0.4, 0.5) is 20.4 Å². The molecule has 5 heterocycles. The van der Waals surface area contributed by atoms with Crippen molar-refractivity contribution >= 4 is 38.2 Å². The number of aromatic nitrogens is 5. The monoisotopic (exact) mass is 586 g/mol. The maximum absolute atomic E-state index is 14.6. The Labute approximate surface area is 233 Å². The number of hydrogen-bond donors (Lipinski definition) is 1. The number of nitrogens with zero attached hydrogens (tertiary/aromatic N) is 7. The van der Waals surface area contributed by atoms with Gasteiger partial charge in [0.25, 0.3) is 0 Å². The number of anilines is 2. The molecular weight excluding hydrogens is 558 g/mol. The molecule has 1 saturated heterocycles. The molecule has 15 heteroatoms. The number of nitrogen functional groups attached to an aromatic ring is 1. The summed E-state index contributed by atoms with van der Waals surface area (Å²) >= 11 is 0. The Balaban J connectivity index is 1.11. The molecule has 0 amide bonds. The third-order valence-corrected chi connectivity index (χ3v) is 7.96. The molecule has 1 aromatic carbocycles. The van der Waals surface area contributed by atoms with E-state index in [4.69, 9.17) is 14.9 Å². The van der Waals surface area contributed by atoms with Crippen molar-refractivity contribution in [1.29, 1.82) is 0 Å². The zero-order chi connectivity index (χ0) is 28.7. The van der Waals surface area contributed by atoms with Gasteiger partial charge in [-0.25, -0.2) is 22.2 Å². The molecule has 0 unspecified atom stereocenters. The molecule has 12 nitrogen and oxygen atoms in total. The summed E-state index contributed by atoms with van der Waals surface area (Å²) in [4.78, 5) is 13.2. The third kappa shape index (κ3) is 5.54. The van der Waals surface area contributed by atoms with E-state index < -0.39 is 21.5 Å². The standard InChI is InChI=1S/C26H28F2N8O4S/c1-41(37,38)12-11-40-23-15-20(17(27)13-18(23)28)34-7-4-33(5-8-34)6-9-35-16-30-24-21-14-19(22-3-2-10-39-22)32-36(21)26(29)31-25(24)35/h2-3,10,13-16H,4-9,11-12H2,1H3,(H2,29,31). The van der Waals surface area contributed by atoms with E-state index in [1.807, 2.05) is 21.6 Å². The summed E-state index contributed by atoms with van der Waals surface area (Å²) in [5, 5.41) is 4.50. The van der Waals surface area contributed by atoms with Crippen LogP contribution in [0, 0.1) is 11.6 Å². The zero-order valence-corrected chi connectivity index (χ0v) is 23.0. The van der Waals surface area contributed by atoms with Crippen molar-refractivity contribution in [1.82, 2.24) is 29.0 Å². The van der Waals surface area contributed by atoms with Crippen LogP contribution in [0.25, 0.3) is 28.1 Å². The third-order valence-electron chi connectivity index (χ3n) is 7.06. The van der Waals surface area contributed by atoms with Crippen LogP contribution in [-0.4, -0.2) is 88.8 Å². The van der Waals surface area contributed by atoms with E-state index >= 15 is 0 Å². The molecule has 0 atom stereocenters. The molecule has 1 aliphatic heterocycles. The van der Waals surface area contributed by atoms with Crippen molar-refractivity contribution in [3.05, 3.63) is 54.6 Å². The Morgan fingerprint density at radius 3 is 2.63 bits per heavy atom. The maximum atomic E-state index is 14.6. The molecule has 2 N–H and O–H groups in total. The minimum atomic E-state index is -3.27. The van der Waals surface area contributed by atoms with Gasteiger partial charge in [0, 0.05) is 57.7 Å². The Kier molecular flexibility index (Phi) is 6.99. The van der Waals surface area contributed by atoms with Crippen molar-refractivity contribution < 1.29 is 26.4 Å². The number of ether oxygens (including phenoxy) is 1. The van der Waals surface area contributed by atoms with E-state index in [1.165, 1.54) is 6.07 Å². The molecule has 6 rings (SSSR count). The van der Waals surface area contributed by atoms with Gasteiger partial charge in [-0.1, -0.05) is 0 Å². The first-order chi connectivity index (χ1) is 19.7. The van der Waals surface area contributed by atoms with Crippen molar-refractivity contribution in [2.75, 3.05) is 62.0 Å². The van der Waals surface area contributed by atoms with Crippen LogP contribution < -0.4 is 15.4 Å². The number of piperazine rings is 1. The molecule has 0 saturated carbocycles. The summed E-state index contributed by atoms with van der Waals surface area (Å²) in [7, 11) is -3.27. The molecule has 4 aromatic heterocycles. The first kappa shape index (κ1) is 27.0. The highest BCUT2D eigenvalue weighted by Crippen LogP contribution is 2.29. The molecule has 1 fully saturated rings. The lowest BCUT2D eigenvalue weighted by atomic mass is 10.2. The second kappa shape index (κ2) is 10.6. The largest absolute Gasteiger partial charge is 0.489 e. The fraction of sp³-hybridized carbons (Fsp3) is 0.346. The second-order valence-electron chi connectivity index (χ2n) is 9.93. The van der Waals surface area contributed by atoms with E-state index in [0.717, 1.165) is 17.8 Å². The summed E-state index contributed by atoms with van der Waals surface area (Å²) in [6.45, 7) is 3.46. The van der Waals surface area contributed by atoms with Gasteiger partial charge in [-0.2, -0.15) is 14.6 Å². The van der Waals surface area contributed by atoms with Crippen LogP contribution in [0.3, 0.4) is 0 Å². The lowest BCUT2D eigenvalue weighted by molar-refractivity contribution is 0.248. The molecular formula is C26H28F2N8O4S. The van der Waals surface area contributed by atoms with Crippen LogP contribution in [0.5, 0.6) is 5.75 Å². The van der Waals surface area contributed by atoms with E-state index in [0.29, 0.717) is 61.9 Å². The van der Waals surface area contributed by atoms with Crippen LogP contribution >= 0.6 is 0 Å². The average molecular weight is 587 g/mol. The highest BCUT2D eigenvalue weighted by atomic mass is 32.2. The Morgan fingerprint density at radius 1 is 1.10 bits per heavy atom. The lowest BCUT2D eigenvalue weighted by Crippen LogP contribution is -2.47. The summed E-state index contributed by atoms with van der Waals surface area (Å²) in [5.41, 5.74) is 9.13. The highest BCUT2D eigenvalue weighted by molar-refractivity contribution is 7.90. The summed E-state index contributed by atoms with van der Waals surface area (Å²) in [6, 6.07) is 7.55. The summed E-state index contributed by atoms with van der Waals surface area (Å²) in [6.07, 6.45) is 4.38. The van der Waals surface area contributed by atoms with Gasteiger partial charge >= 0.3 is 0 Å². The van der Waals surface area contributed by atoms with Crippen molar-refractivity contribution in [3.63, 3.8) is 0 Å². The number of halogens is 2. The number of furan rings is 1. The van der Waals surface area contributed by atoms with Gasteiger partial charge in [0.2, 0.25) is 5.95 Å². The molecule has 216 valence electrons. The van der Waals surface area contributed by atoms with Gasteiger partial charge in [-0.15, -0.1) is 0 Å². The normalized spacial score (nSPS) is 14.9. The molecule has 41 heavy (non-hydrogen) atoms. The van der Waals surface area contributed by atoms with Crippen molar-refractivity contribution in [2.45, 2.75) is 6.54 Å². The smallest absolute Gasteiger partial charge is 0.223 e. The van der Waals surface area contributed by atoms with E-state index in [1.54, 1.807) is 23.2 Å². The SMILES string of the molecule is CS(=O)(=O)CCOc1cc(N2CCN(CCn3cnc4c3nc(N)n3nc(-c5ccco5)cc43)CC2)c(F)cc1F. The number of hydrogen-bond acceptors (Lipinski definition) is 10. The number of imidazole rings is 1. The van der Waals surface area contributed by atoms with Gasteiger partial charge in [-0.05, 0) is 18.2 Å². The number of sulfone groups is 1. The maximum Gasteiger partial charge on any atom is 0.223 e. The van der Waals surface area contributed by atoms with Gasteiger partial charge in [0.1, 0.15) is 29.2 Å². The van der Waals surface area contributed by atoms with E-state index in [9.17, 15) is 17.2 Å². The molecule has 1 aliphatic rings. The van der Waals surface area contributed by atoms with E-state index in [2.05, 4.69) is 20.0 Å². The van der Waals surface area contributed by atoms with Crippen molar-refractivity contribution in [3.8, 4) is 17.2 Å². The highest BCUT2D eigenvalue weighted by Gasteiger charge is 2.23. The van der Waals surface area contributed by atoms with Gasteiger partial charge in [0.15, 0.2) is 32.8 Å². The zero-order valence-electron chi connectivity index (χ0n) is 22.2. The van der Waals surface area contributed by atoms with Gasteiger partial charge < -0.3 is 24.4 Å². The fourth-order valence-corrected chi connectivity index (χ4v) is 5.28. The minimum absolute atomic E-state index is 0.171. The average Bonchev–Trinajstić information content (AvgIpc) is 3.68. The van der Waals surface area contributed by atoms with Gasteiger partial charge in [0.05, 0.1) is 24.0 Å². The topological polar surface area (TPSA) is 137 Å². The van der Waals surface area contributed by atoms with Crippen LogP contribution in [0.15, 0.2) is 47.3 Å². The Morgan fingerprint density at radius 2 is 1.90 bits per heavy atom. The quantitative estimate of drug-likeness (QED) is 0.274. The fourth-order valence-electron chi connectivity index (χ4n) is 4.90. The molecule has 0 bridgehead atoms. The van der Waals surface area contributed by atoms with Crippen LogP contribution in [0.2, 0.25) is 0 Å². The number of fused-ring (bicyclic) bond motifs is 3. The van der Waals surface area contributed by atoms with Crippen molar-refractivity contribution in [2.24, 2.45) is 0 Å². The molecule has 0 aliphatic carbocycles. The van der Waals surface area contributed by atoms with Crippen LogP contribution in [0.1, 0.15) is 0 Å². The molecule has 5 aromatic rings. The predicted molar refractivity (Wildman–Crippen MR) is 149 cm³/mol. The predicted octanol–water partition coefficient (Wildman–Crippen LogP) is 2.45. The summed E-state index contributed by atoms with van der Waals surface area (Å²) in [5.74, 6) is -1.13. The first-order valence-electron chi connectivity index (χ1n) is 13.0. The number of benzene rings is 1. The van der Waals surface area contributed by atoms with Gasteiger partial charge in [-0.3, -0.25) is 4.90 Å². The number of nitrogens with two attached hydrogens (primary N) is 1. The number of rotatable bonds is 9. The Hall–Kier alpha value is -4.24. The van der Waals surface area contributed by atoms with Crippen LogP contribution in [-0.2, 0) is 16.4 Å². The molecule has 0 radical (unpaired) electrons. The van der Waals surface area contributed by atoms with E-state index in [-0.39, 0.29) is 29.7 Å². The molecule has 0 spiro atoms. The second-order valence-corrected chi connectivity index (χ2v) is 12.2. The first-order valence-corrected chi connectivity index (χ1v) is 15.0. The summed E-state index contributed by atoms with van der Waals surface area (Å²) < 4.78 is 65.8. The minimum Gasteiger partial charge on any atom is -0.489 e.